The van der Waals surface area contributed by atoms with Gasteiger partial charge in [-0.2, -0.15) is 0 Å². The predicted octanol–water partition coefficient (Wildman–Crippen LogP) is 7.51. The largest absolute Gasteiger partial charge is 0.340 e. The molecule has 36 heavy (non-hydrogen) atoms. The first-order chi connectivity index (χ1) is 17.7. The Morgan fingerprint density at radius 2 is 1.86 bits per heavy atom. The minimum absolute atomic E-state index is 0.874. The Kier molecular flexibility index (Phi) is 6.59. The summed E-state index contributed by atoms with van der Waals surface area (Å²) in [7, 11) is 0. The maximum absolute atomic E-state index is 4.61. The van der Waals surface area contributed by atoms with Crippen molar-refractivity contribution in [2.45, 2.75) is 19.5 Å². The Hall–Kier alpha value is -3.39. The Morgan fingerprint density at radius 1 is 1.00 bits per heavy atom. The van der Waals surface area contributed by atoms with Gasteiger partial charge >= 0.3 is 0 Å². The van der Waals surface area contributed by atoms with Crippen molar-refractivity contribution in [2.75, 3.05) is 11.9 Å². The van der Waals surface area contributed by atoms with Crippen LogP contribution in [-0.2, 0) is 19.5 Å². The van der Waals surface area contributed by atoms with Gasteiger partial charge in [-0.1, -0.05) is 58.4 Å². The second-order valence-corrected chi connectivity index (χ2v) is 10.8. The van der Waals surface area contributed by atoms with Crippen LogP contribution < -0.4 is 5.32 Å². The molecule has 1 aliphatic heterocycles. The van der Waals surface area contributed by atoms with E-state index in [4.69, 9.17) is 0 Å². The summed E-state index contributed by atoms with van der Waals surface area (Å²) < 4.78 is 1.04. The number of anilines is 2. The van der Waals surface area contributed by atoms with Crippen molar-refractivity contribution in [3.8, 4) is 0 Å². The summed E-state index contributed by atoms with van der Waals surface area (Å²) in [6, 6.07) is 26.9. The summed E-state index contributed by atoms with van der Waals surface area (Å²) >= 11 is 5.29. The molecule has 0 saturated heterocycles. The molecule has 5 nitrogen and oxygen atoms in total. The molecule has 0 amide bonds. The van der Waals surface area contributed by atoms with Crippen LogP contribution in [0.15, 0.2) is 94.7 Å². The molecule has 1 N–H and O–H groups in total. The Morgan fingerprint density at radius 3 is 2.69 bits per heavy atom. The molecule has 0 aliphatic carbocycles. The molecule has 0 unspecified atom stereocenters. The average molecular weight is 555 g/mol. The summed E-state index contributed by atoms with van der Waals surface area (Å²) in [6.07, 6.45) is 4.54. The van der Waals surface area contributed by atoms with E-state index >= 15 is 0 Å². The summed E-state index contributed by atoms with van der Waals surface area (Å²) in [5, 5.41) is 4.69. The highest BCUT2D eigenvalue weighted by Gasteiger charge is 2.24. The van der Waals surface area contributed by atoms with E-state index in [1.807, 2.05) is 54.7 Å². The van der Waals surface area contributed by atoms with E-state index in [0.717, 1.165) is 63.5 Å². The van der Waals surface area contributed by atoms with Crippen molar-refractivity contribution in [2.24, 2.45) is 4.99 Å². The molecule has 5 aromatic rings. The summed E-state index contributed by atoms with van der Waals surface area (Å²) in [6.45, 7) is 2.96. The molecule has 178 valence electrons. The third kappa shape index (κ3) is 5.09. The van der Waals surface area contributed by atoms with Crippen LogP contribution in [-0.4, -0.2) is 27.6 Å². The first kappa shape index (κ1) is 23.0. The third-order valence-corrected chi connectivity index (χ3v) is 7.92. The molecule has 3 heterocycles. The molecular weight excluding hydrogens is 530 g/mol. The maximum Gasteiger partial charge on any atom is 0.142 e. The first-order valence-electron chi connectivity index (χ1n) is 11.9. The number of nitrogens with one attached hydrogen (secondary N) is 1. The van der Waals surface area contributed by atoms with Crippen LogP contribution in [0.1, 0.15) is 21.6 Å². The van der Waals surface area contributed by atoms with Gasteiger partial charge in [0.15, 0.2) is 0 Å². The zero-order valence-corrected chi connectivity index (χ0v) is 22.0. The molecule has 7 heteroatoms. The standard InChI is InChI=1S/C29H24BrN5S/c30-22-8-4-7-21(15-22)16-31-23-9-11-24(12-10-23)34-28-27-25-13-14-35(17-20-5-2-1-3-6-20)18-26(25)36-29(27)33-19-32-28/h1-12,15-16,19H,13-14,17-18H2,(H,32,33,34). The number of fused-ring (bicyclic) bond motifs is 3. The fourth-order valence-electron chi connectivity index (χ4n) is 4.56. The minimum Gasteiger partial charge on any atom is -0.340 e. The van der Waals surface area contributed by atoms with Gasteiger partial charge in [-0.15, -0.1) is 11.3 Å². The van der Waals surface area contributed by atoms with Gasteiger partial charge in [-0.25, -0.2) is 9.97 Å². The van der Waals surface area contributed by atoms with E-state index in [0.29, 0.717) is 0 Å². The van der Waals surface area contributed by atoms with Crippen molar-refractivity contribution in [1.29, 1.82) is 0 Å². The van der Waals surface area contributed by atoms with Gasteiger partial charge < -0.3 is 5.32 Å². The molecule has 0 saturated carbocycles. The monoisotopic (exact) mass is 553 g/mol. The number of benzene rings is 3. The second kappa shape index (κ2) is 10.3. The van der Waals surface area contributed by atoms with Crippen LogP contribution in [0, 0.1) is 0 Å². The van der Waals surface area contributed by atoms with Crippen molar-refractivity contribution < 1.29 is 0 Å². The summed E-state index contributed by atoms with van der Waals surface area (Å²) in [5.74, 6) is 0.874. The molecule has 3 aromatic carbocycles. The smallest absolute Gasteiger partial charge is 0.142 e. The number of aromatic nitrogens is 2. The van der Waals surface area contributed by atoms with Gasteiger partial charge in [-0.3, -0.25) is 9.89 Å². The molecule has 0 fully saturated rings. The van der Waals surface area contributed by atoms with E-state index in [1.54, 1.807) is 17.7 Å². The quantitative estimate of drug-likeness (QED) is 0.221. The lowest BCUT2D eigenvalue weighted by Crippen LogP contribution is -2.29. The normalized spacial score (nSPS) is 13.8. The molecular formula is C29H24BrN5S. The van der Waals surface area contributed by atoms with Gasteiger partial charge in [0, 0.05) is 40.9 Å². The number of halogens is 1. The molecule has 2 aromatic heterocycles. The highest BCUT2D eigenvalue weighted by Crippen LogP contribution is 2.38. The zero-order valence-electron chi connectivity index (χ0n) is 19.6. The van der Waals surface area contributed by atoms with Crippen LogP contribution in [0.2, 0.25) is 0 Å². The number of nitrogens with zero attached hydrogens (tertiary/aromatic N) is 4. The van der Waals surface area contributed by atoms with Gasteiger partial charge in [0.1, 0.15) is 17.0 Å². The van der Waals surface area contributed by atoms with Crippen molar-refractivity contribution in [1.82, 2.24) is 14.9 Å². The Labute approximate surface area is 222 Å². The summed E-state index contributed by atoms with van der Waals surface area (Å²) in [4.78, 5) is 18.8. The SMILES string of the molecule is Brc1cccc(C=Nc2ccc(Nc3ncnc4sc5c(c34)CCN(Cc3ccccc3)C5)cc2)c1. The van der Waals surface area contributed by atoms with Crippen LogP contribution in [0.4, 0.5) is 17.2 Å². The average Bonchev–Trinajstić information content (AvgIpc) is 3.28. The Bertz CT molecular complexity index is 1530. The number of thiophene rings is 1. The van der Waals surface area contributed by atoms with Crippen molar-refractivity contribution >= 4 is 60.9 Å². The first-order valence-corrected chi connectivity index (χ1v) is 13.5. The van der Waals surface area contributed by atoms with E-state index in [9.17, 15) is 0 Å². The third-order valence-electron chi connectivity index (χ3n) is 6.31. The topological polar surface area (TPSA) is 53.4 Å². The van der Waals surface area contributed by atoms with Crippen molar-refractivity contribution in [3.05, 3.63) is 111 Å². The number of aliphatic imine (C=N–C) groups is 1. The van der Waals surface area contributed by atoms with Crippen molar-refractivity contribution in [3.63, 3.8) is 0 Å². The van der Waals surface area contributed by atoms with Gasteiger partial charge in [0.05, 0.1) is 11.1 Å². The van der Waals surface area contributed by atoms with E-state index in [2.05, 4.69) is 71.4 Å². The van der Waals surface area contributed by atoms with Crippen LogP contribution >= 0.6 is 27.3 Å². The molecule has 1 aliphatic rings. The minimum atomic E-state index is 0.874. The van der Waals surface area contributed by atoms with Crippen LogP contribution in [0.25, 0.3) is 10.2 Å². The lowest BCUT2D eigenvalue weighted by atomic mass is 10.0. The number of rotatable bonds is 6. The van der Waals surface area contributed by atoms with Gasteiger partial charge in [-0.05, 0) is 59.5 Å². The lowest BCUT2D eigenvalue weighted by molar-refractivity contribution is 0.249. The van der Waals surface area contributed by atoms with Gasteiger partial charge in [0.2, 0.25) is 0 Å². The van der Waals surface area contributed by atoms with Crippen LogP contribution in [0.3, 0.4) is 0 Å². The molecule has 0 radical (unpaired) electrons. The second-order valence-electron chi connectivity index (χ2n) is 8.84. The highest BCUT2D eigenvalue weighted by atomic mass is 79.9. The van der Waals surface area contributed by atoms with Crippen LogP contribution in [0.5, 0.6) is 0 Å². The molecule has 6 rings (SSSR count). The predicted molar refractivity (Wildman–Crippen MR) is 153 cm³/mol. The maximum atomic E-state index is 4.61. The Balaban J connectivity index is 1.19. The lowest BCUT2D eigenvalue weighted by Gasteiger charge is -2.27. The fourth-order valence-corrected chi connectivity index (χ4v) is 6.20. The van der Waals surface area contributed by atoms with E-state index in [-0.39, 0.29) is 0 Å². The summed E-state index contributed by atoms with van der Waals surface area (Å²) in [5.41, 5.74) is 5.68. The van der Waals surface area contributed by atoms with E-state index in [1.165, 1.54) is 16.0 Å². The van der Waals surface area contributed by atoms with E-state index < -0.39 is 0 Å². The highest BCUT2D eigenvalue weighted by molar-refractivity contribution is 9.10. The number of hydrogen-bond acceptors (Lipinski definition) is 6. The zero-order chi connectivity index (χ0) is 24.3. The fraction of sp³-hybridized carbons (Fsp3) is 0.138. The van der Waals surface area contributed by atoms with Gasteiger partial charge in [0.25, 0.3) is 0 Å². The molecule has 0 bridgehead atoms. The molecule has 0 spiro atoms. The number of hydrogen-bond donors (Lipinski definition) is 1. The molecule has 0 atom stereocenters.